The van der Waals surface area contributed by atoms with Crippen molar-refractivity contribution < 1.29 is 9.31 Å². The standard InChI is InChI=1S/C30H34B2N2O2/c1-24-21-26(22-25(2)30(24)32(36-5)33(3)28-17-11-7-12-18-28)23-34(29-19-13-8-14-20-29)31(35-4)27-15-9-6-10-16-27/h6-22H,23H2,1-5H3. The lowest BCUT2D eigenvalue weighted by atomic mass is 9.66. The second-order valence-electron chi connectivity index (χ2n) is 9.14. The molecule has 0 atom stereocenters. The van der Waals surface area contributed by atoms with Gasteiger partial charge in [-0.15, -0.1) is 0 Å². The average Bonchev–Trinajstić information content (AvgIpc) is 2.92. The molecule has 0 bridgehead atoms. The number of rotatable bonds is 10. The summed E-state index contributed by atoms with van der Waals surface area (Å²) < 4.78 is 12.1. The summed E-state index contributed by atoms with van der Waals surface area (Å²) in [5.41, 5.74) is 8.21. The van der Waals surface area contributed by atoms with E-state index in [1.165, 1.54) is 22.2 Å². The third kappa shape index (κ3) is 5.67. The zero-order chi connectivity index (χ0) is 25.5. The maximum Gasteiger partial charge on any atom is 0.452 e. The molecule has 0 saturated heterocycles. The molecule has 0 N–H and O–H groups in total. The first kappa shape index (κ1) is 25.6. The molecule has 4 aromatic rings. The lowest BCUT2D eigenvalue weighted by Crippen LogP contribution is -2.51. The van der Waals surface area contributed by atoms with Crippen molar-refractivity contribution >= 4 is 36.4 Å². The van der Waals surface area contributed by atoms with E-state index in [2.05, 4.69) is 115 Å². The molecule has 0 aromatic heterocycles. The zero-order valence-electron chi connectivity index (χ0n) is 21.9. The van der Waals surface area contributed by atoms with E-state index in [1.54, 1.807) is 14.2 Å². The Labute approximate surface area is 216 Å². The van der Waals surface area contributed by atoms with Crippen molar-refractivity contribution in [3.8, 4) is 0 Å². The van der Waals surface area contributed by atoms with Gasteiger partial charge in [0.15, 0.2) is 0 Å². The van der Waals surface area contributed by atoms with E-state index in [0.717, 1.165) is 16.8 Å². The Balaban J connectivity index is 1.69. The number of benzene rings is 4. The van der Waals surface area contributed by atoms with E-state index in [-0.39, 0.29) is 14.1 Å². The number of hydrogen-bond acceptors (Lipinski definition) is 4. The van der Waals surface area contributed by atoms with Crippen LogP contribution < -0.4 is 20.5 Å². The van der Waals surface area contributed by atoms with E-state index in [9.17, 15) is 0 Å². The Morgan fingerprint density at radius 3 is 1.61 bits per heavy atom. The number of aryl methyl sites for hydroxylation is 2. The van der Waals surface area contributed by atoms with Crippen LogP contribution in [0, 0.1) is 13.8 Å². The summed E-state index contributed by atoms with van der Waals surface area (Å²) in [7, 11) is 5.25. The molecule has 0 aliphatic heterocycles. The topological polar surface area (TPSA) is 24.9 Å². The van der Waals surface area contributed by atoms with E-state index in [1.807, 2.05) is 18.2 Å². The van der Waals surface area contributed by atoms with Gasteiger partial charge in [0.1, 0.15) is 0 Å². The van der Waals surface area contributed by atoms with Crippen LogP contribution in [0.25, 0.3) is 0 Å². The summed E-state index contributed by atoms with van der Waals surface area (Å²) >= 11 is 0. The Hall–Kier alpha value is -3.47. The molecule has 4 aromatic carbocycles. The normalized spacial score (nSPS) is 10.7. The second kappa shape index (κ2) is 12.0. The highest BCUT2D eigenvalue weighted by atomic mass is 16.4. The molecule has 0 amide bonds. The largest absolute Gasteiger partial charge is 0.452 e. The maximum absolute atomic E-state index is 6.04. The highest BCUT2D eigenvalue weighted by Gasteiger charge is 2.30. The first-order chi connectivity index (χ1) is 17.5. The highest BCUT2D eigenvalue weighted by molar-refractivity contribution is 6.72. The monoisotopic (exact) mass is 476 g/mol. The van der Waals surface area contributed by atoms with Gasteiger partial charge < -0.3 is 18.9 Å². The molecule has 6 heteroatoms. The van der Waals surface area contributed by atoms with E-state index in [0.29, 0.717) is 6.54 Å². The molecule has 0 aliphatic carbocycles. The first-order valence-electron chi connectivity index (χ1n) is 12.3. The molecule has 0 aliphatic rings. The van der Waals surface area contributed by atoms with Gasteiger partial charge in [0.25, 0.3) is 0 Å². The summed E-state index contributed by atoms with van der Waals surface area (Å²) in [6.45, 7) is 5.06. The van der Waals surface area contributed by atoms with Crippen molar-refractivity contribution in [1.29, 1.82) is 0 Å². The summed E-state index contributed by atoms with van der Waals surface area (Å²) in [5, 5.41) is 0. The van der Waals surface area contributed by atoms with Gasteiger partial charge in [-0.3, -0.25) is 0 Å². The van der Waals surface area contributed by atoms with Crippen molar-refractivity contribution in [2.45, 2.75) is 20.4 Å². The van der Waals surface area contributed by atoms with Crippen molar-refractivity contribution in [3.05, 3.63) is 120 Å². The minimum Gasteiger partial charge on any atom is -0.415 e. The molecule has 0 radical (unpaired) electrons. The van der Waals surface area contributed by atoms with Gasteiger partial charge in [0.05, 0.1) is 0 Å². The molecular formula is C30H34B2N2O2. The van der Waals surface area contributed by atoms with Crippen LogP contribution in [0.3, 0.4) is 0 Å². The molecule has 182 valence electrons. The van der Waals surface area contributed by atoms with Gasteiger partial charge >= 0.3 is 14.1 Å². The van der Waals surface area contributed by atoms with Crippen LogP contribution in [0.1, 0.15) is 16.7 Å². The quantitative estimate of drug-likeness (QED) is 0.307. The van der Waals surface area contributed by atoms with Gasteiger partial charge in [-0.05, 0) is 61.6 Å². The summed E-state index contributed by atoms with van der Waals surface area (Å²) in [6.07, 6.45) is 0. The minimum atomic E-state index is -0.204. The lowest BCUT2D eigenvalue weighted by molar-refractivity contribution is 0.425. The van der Waals surface area contributed by atoms with Crippen LogP contribution in [-0.4, -0.2) is 35.4 Å². The van der Waals surface area contributed by atoms with Gasteiger partial charge in [-0.1, -0.05) is 90.0 Å². The van der Waals surface area contributed by atoms with Crippen molar-refractivity contribution in [2.75, 3.05) is 30.9 Å². The fourth-order valence-electron chi connectivity index (χ4n) is 5.00. The predicted molar refractivity (Wildman–Crippen MR) is 155 cm³/mol. The third-order valence-corrected chi connectivity index (χ3v) is 6.67. The summed E-state index contributed by atoms with van der Waals surface area (Å²) in [6, 6.07) is 35.8. The van der Waals surface area contributed by atoms with Crippen LogP contribution in [0.15, 0.2) is 103 Å². The molecule has 0 spiro atoms. The summed E-state index contributed by atoms with van der Waals surface area (Å²) in [4.78, 5) is 4.49. The Bertz CT molecular complexity index is 1220. The van der Waals surface area contributed by atoms with Crippen molar-refractivity contribution in [1.82, 2.24) is 0 Å². The van der Waals surface area contributed by atoms with Crippen LogP contribution in [-0.2, 0) is 15.9 Å². The average molecular weight is 476 g/mol. The van der Waals surface area contributed by atoms with Crippen LogP contribution in [0.2, 0.25) is 0 Å². The fourth-order valence-corrected chi connectivity index (χ4v) is 5.00. The molecule has 36 heavy (non-hydrogen) atoms. The molecule has 0 unspecified atom stereocenters. The van der Waals surface area contributed by atoms with Gasteiger partial charge in [0.2, 0.25) is 0 Å². The highest BCUT2D eigenvalue weighted by Crippen LogP contribution is 2.21. The Morgan fingerprint density at radius 2 is 1.11 bits per heavy atom. The second-order valence-corrected chi connectivity index (χ2v) is 9.14. The fraction of sp³-hybridized carbons (Fsp3) is 0.200. The Kier molecular flexibility index (Phi) is 8.52. The number of hydrogen-bond donors (Lipinski definition) is 0. The molecule has 4 rings (SSSR count). The van der Waals surface area contributed by atoms with E-state index >= 15 is 0 Å². The van der Waals surface area contributed by atoms with E-state index in [4.69, 9.17) is 9.31 Å². The van der Waals surface area contributed by atoms with Gasteiger partial charge in [-0.2, -0.15) is 0 Å². The molecule has 4 nitrogen and oxygen atoms in total. The first-order valence-corrected chi connectivity index (χ1v) is 12.3. The molecule has 0 saturated carbocycles. The summed E-state index contributed by atoms with van der Waals surface area (Å²) in [5.74, 6) is 0. The van der Waals surface area contributed by atoms with Crippen LogP contribution in [0.4, 0.5) is 11.4 Å². The third-order valence-electron chi connectivity index (χ3n) is 6.67. The van der Waals surface area contributed by atoms with Gasteiger partial charge in [0, 0.05) is 32.1 Å². The zero-order valence-corrected chi connectivity index (χ0v) is 21.9. The molecule has 0 fully saturated rings. The Morgan fingerprint density at radius 1 is 0.639 bits per heavy atom. The van der Waals surface area contributed by atoms with Gasteiger partial charge in [-0.25, -0.2) is 0 Å². The van der Waals surface area contributed by atoms with Crippen LogP contribution in [0.5, 0.6) is 0 Å². The number of nitrogens with zero attached hydrogens (tertiary/aromatic N) is 2. The van der Waals surface area contributed by atoms with E-state index < -0.39 is 0 Å². The lowest BCUT2D eigenvalue weighted by Gasteiger charge is -2.31. The minimum absolute atomic E-state index is 0.178. The smallest absolute Gasteiger partial charge is 0.415 e. The maximum atomic E-state index is 6.04. The van der Waals surface area contributed by atoms with Crippen molar-refractivity contribution in [3.63, 3.8) is 0 Å². The SMILES string of the molecule is COB(c1c(C)cc(CN(B(OC)c2ccccc2)c2ccccc2)cc1C)N(C)c1ccccc1. The van der Waals surface area contributed by atoms with Crippen LogP contribution >= 0.6 is 0 Å². The van der Waals surface area contributed by atoms with Crippen molar-refractivity contribution in [2.24, 2.45) is 0 Å². The predicted octanol–water partition coefficient (Wildman–Crippen LogP) is 4.83. The number of anilines is 2. The molecule has 0 heterocycles. The molecular weight excluding hydrogens is 442 g/mol. The number of para-hydroxylation sites is 2.